The van der Waals surface area contributed by atoms with E-state index in [1.165, 1.54) is 0 Å². The maximum absolute atomic E-state index is 11.9. The van der Waals surface area contributed by atoms with E-state index in [4.69, 9.17) is 15.2 Å². The molecule has 12 heteroatoms. The van der Waals surface area contributed by atoms with Crippen molar-refractivity contribution in [3.8, 4) is 0 Å². The summed E-state index contributed by atoms with van der Waals surface area (Å²) in [4.78, 5) is 26.6. The smallest absolute Gasteiger partial charge is 0.323 e. The largest absolute Gasteiger partial charge is 0.462 e. The summed E-state index contributed by atoms with van der Waals surface area (Å²) in [5, 5.41) is 36.1. The molecule has 1 aromatic heterocycles. The average molecular weight is 357 g/mol. The molecule has 0 aromatic carbocycles. The molecule has 0 radical (unpaired) electrons. The van der Waals surface area contributed by atoms with Crippen molar-refractivity contribution >= 4 is 11.9 Å². The molecule has 2 aliphatic rings. The quantitative estimate of drug-likeness (QED) is 0.328. The molecule has 0 spiro atoms. The van der Waals surface area contributed by atoms with Gasteiger partial charge < -0.3 is 35.8 Å². The zero-order chi connectivity index (χ0) is 18.1. The second kappa shape index (κ2) is 7.01. The van der Waals surface area contributed by atoms with Crippen molar-refractivity contribution in [3.63, 3.8) is 0 Å². The number of aliphatic hydroxyl groups excluding tert-OH is 3. The maximum Gasteiger partial charge on any atom is 0.323 e. The molecule has 3 rings (SSSR count). The molecule has 6 N–H and O–H groups in total. The number of aromatic nitrogens is 3. The first-order valence-corrected chi connectivity index (χ1v) is 7.67. The third kappa shape index (κ3) is 3.62. The molecule has 25 heavy (non-hydrogen) atoms. The Morgan fingerprint density at radius 2 is 2.16 bits per heavy atom. The summed E-state index contributed by atoms with van der Waals surface area (Å²) in [5.74, 6) is -1.68. The van der Waals surface area contributed by atoms with Gasteiger partial charge >= 0.3 is 5.97 Å². The predicted molar refractivity (Wildman–Crippen MR) is 77.8 cm³/mol. The number of aliphatic hydroxyl groups is 3. The fourth-order valence-corrected chi connectivity index (χ4v) is 2.76. The fraction of sp³-hybridized carbons (Fsp3) is 0.692. The van der Waals surface area contributed by atoms with Crippen molar-refractivity contribution in [2.24, 2.45) is 5.73 Å². The van der Waals surface area contributed by atoms with Crippen LogP contribution in [0.5, 0.6) is 0 Å². The second-order valence-corrected chi connectivity index (χ2v) is 5.94. The van der Waals surface area contributed by atoms with Gasteiger partial charge in [0.1, 0.15) is 37.3 Å². The number of carbonyl (C=O) groups excluding carboxylic acids is 2. The third-order valence-corrected chi connectivity index (χ3v) is 4.11. The van der Waals surface area contributed by atoms with Crippen LogP contribution >= 0.6 is 0 Å². The van der Waals surface area contributed by atoms with Gasteiger partial charge in [0, 0.05) is 13.0 Å². The maximum atomic E-state index is 11.9. The minimum absolute atomic E-state index is 0.243. The highest BCUT2D eigenvalue weighted by Gasteiger charge is 2.45. The summed E-state index contributed by atoms with van der Waals surface area (Å²) in [5.41, 5.74) is 5.05. The van der Waals surface area contributed by atoms with Gasteiger partial charge in [0.05, 0.1) is 6.10 Å². The van der Waals surface area contributed by atoms with Crippen LogP contribution in [0.25, 0.3) is 0 Å². The normalized spacial score (nSPS) is 35.0. The van der Waals surface area contributed by atoms with Crippen LogP contribution in [0.15, 0.2) is 6.33 Å². The van der Waals surface area contributed by atoms with Crippen LogP contribution < -0.4 is 11.1 Å². The zero-order valence-corrected chi connectivity index (χ0v) is 13.1. The Kier molecular flexibility index (Phi) is 4.96. The number of primary amides is 1. The SMILES string of the molecule is NC(=O)c1ncn([C@@H]2O[C@H](COC(=O)[C@@H]3C[C@H](O)CN3)[C@@H](O)[C@H]2O)n1. The molecule has 138 valence electrons. The molecule has 0 aliphatic carbocycles. The minimum atomic E-state index is -1.36. The molecule has 12 nitrogen and oxygen atoms in total. The van der Waals surface area contributed by atoms with Crippen molar-refractivity contribution in [3.05, 3.63) is 12.2 Å². The van der Waals surface area contributed by atoms with Gasteiger partial charge in [-0.2, -0.15) is 0 Å². The monoisotopic (exact) mass is 357 g/mol. The second-order valence-electron chi connectivity index (χ2n) is 5.94. The molecule has 0 bridgehead atoms. The van der Waals surface area contributed by atoms with Crippen LogP contribution in [-0.4, -0.2) is 85.6 Å². The van der Waals surface area contributed by atoms with Crippen LogP contribution in [0.2, 0.25) is 0 Å². The lowest BCUT2D eigenvalue weighted by molar-refractivity contribution is -0.152. The van der Waals surface area contributed by atoms with Crippen molar-refractivity contribution in [2.75, 3.05) is 13.2 Å². The summed E-state index contributed by atoms with van der Waals surface area (Å²) in [6.45, 7) is 0.0107. The van der Waals surface area contributed by atoms with Crippen molar-refractivity contribution in [1.29, 1.82) is 0 Å². The van der Waals surface area contributed by atoms with Gasteiger partial charge in [0.2, 0.25) is 5.82 Å². The van der Waals surface area contributed by atoms with Gasteiger partial charge in [-0.3, -0.25) is 9.59 Å². The Hall–Kier alpha value is -2.12. The first kappa shape index (κ1) is 17.7. The van der Waals surface area contributed by atoms with Gasteiger partial charge in [-0.15, -0.1) is 5.10 Å². The molecule has 3 heterocycles. The number of carbonyl (C=O) groups is 2. The number of nitrogens with two attached hydrogens (primary N) is 1. The number of nitrogens with one attached hydrogen (secondary N) is 1. The summed E-state index contributed by atoms with van der Waals surface area (Å²) < 4.78 is 11.6. The summed E-state index contributed by atoms with van der Waals surface area (Å²) >= 11 is 0. The first-order valence-electron chi connectivity index (χ1n) is 7.67. The lowest BCUT2D eigenvalue weighted by atomic mass is 10.1. The minimum Gasteiger partial charge on any atom is -0.462 e. The zero-order valence-electron chi connectivity index (χ0n) is 13.1. The predicted octanol–water partition coefficient (Wildman–Crippen LogP) is -3.74. The van der Waals surface area contributed by atoms with Crippen LogP contribution in [0.4, 0.5) is 0 Å². The third-order valence-electron chi connectivity index (χ3n) is 4.11. The Balaban J connectivity index is 1.58. The molecular formula is C13H19N5O7. The number of hydrogen-bond donors (Lipinski definition) is 5. The molecule has 0 unspecified atom stereocenters. The van der Waals surface area contributed by atoms with E-state index in [0.717, 1.165) is 11.0 Å². The van der Waals surface area contributed by atoms with Gasteiger partial charge in [-0.25, -0.2) is 9.67 Å². The average Bonchev–Trinajstić information content (AvgIpc) is 3.27. The molecule has 0 saturated carbocycles. The standard InChI is InChI=1S/C13H19N5O7/c14-10(22)11-16-4-18(17-11)12-9(21)8(20)7(25-12)3-24-13(23)6-1-5(19)2-15-6/h4-9,12,15,19-21H,1-3H2,(H2,14,22)/t5-,6-,7+,8+,9+,12+/m0/s1. The van der Waals surface area contributed by atoms with Crippen molar-refractivity contribution in [2.45, 2.75) is 43.1 Å². The number of rotatable bonds is 5. The topological polar surface area (TPSA) is 182 Å². The van der Waals surface area contributed by atoms with Gasteiger partial charge in [-0.05, 0) is 0 Å². The number of ether oxygens (including phenoxy) is 2. The van der Waals surface area contributed by atoms with Gasteiger partial charge in [0.25, 0.3) is 5.91 Å². The van der Waals surface area contributed by atoms with E-state index in [9.17, 15) is 24.9 Å². The van der Waals surface area contributed by atoms with E-state index in [2.05, 4.69) is 15.4 Å². The van der Waals surface area contributed by atoms with Gasteiger partial charge in [0.15, 0.2) is 6.23 Å². The van der Waals surface area contributed by atoms with E-state index in [1.807, 2.05) is 0 Å². The van der Waals surface area contributed by atoms with E-state index in [1.54, 1.807) is 0 Å². The Labute approximate surface area is 141 Å². The molecule has 2 saturated heterocycles. The van der Waals surface area contributed by atoms with Crippen molar-refractivity contribution in [1.82, 2.24) is 20.1 Å². The van der Waals surface area contributed by atoms with Crippen LogP contribution in [0, 0.1) is 0 Å². The molecule has 1 aromatic rings. The number of esters is 1. The summed E-state index contributed by atoms with van der Waals surface area (Å²) in [6.07, 6.45) is -4.02. The van der Waals surface area contributed by atoms with Gasteiger partial charge in [-0.1, -0.05) is 0 Å². The van der Waals surface area contributed by atoms with E-state index in [-0.39, 0.29) is 18.9 Å². The molecule has 1 amide bonds. The number of hydrogen-bond acceptors (Lipinski definition) is 10. The molecule has 2 aliphatic heterocycles. The van der Waals surface area contributed by atoms with E-state index < -0.39 is 48.6 Å². The van der Waals surface area contributed by atoms with E-state index in [0.29, 0.717) is 6.54 Å². The van der Waals surface area contributed by atoms with Crippen LogP contribution in [-0.2, 0) is 14.3 Å². The Bertz CT molecular complexity index is 652. The molecule has 2 fully saturated rings. The number of nitrogens with zero attached hydrogens (tertiary/aromatic N) is 3. The number of β-amino-alcohol motifs (C(OH)–C–C–N with tert-alkyl or cyclic N) is 1. The number of amides is 1. The summed E-state index contributed by atoms with van der Waals surface area (Å²) in [7, 11) is 0. The summed E-state index contributed by atoms with van der Waals surface area (Å²) in [6, 6.07) is -0.622. The highest BCUT2D eigenvalue weighted by Crippen LogP contribution is 2.29. The Morgan fingerprint density at radius 1 is 1.40 bits per heavy atom. The fourth-order valence-electron chi connectivity index (χ4n) is 2.76. The highest BCUT2D eigenvalue weighted by atomic mass is 16.6. The first-order chi connectivity index (χ1) is 11.9. The lowest BCUT2D eigenvalue weighted by Gasteiger charge is -2.16. The van der Waals surface area contributed by atoms with Crippen LogP contribution in [0.3, 0.4) is 0 Å². The highest BCUT2D eigenvalue weighted by molar-refractivity contribution is 5.88. The molecule has 6 atom stereocenters. The van der Waals surface area contributed by atoms with Crippen LogP contribution in [0.1, 0.15) is 23.3 Å². The van der Waals surface area contributed by atoms with E-state index >= 15 is 0 Å². The molecular weight excluding hydrogens is 338 g/mol. The Morgan fingerprint density at radius 3 is 2.76 bits per heavy atom. The lowest BCUT2D eigenvalue weighted by Crippen LogP contribution is -2.37. The van der Waals surface area contributed by atoms with Crippen molar-refractivity contribution < 1.29 is 34.4 Å².